The molecule has 1 aliphatic rings. The summed E-state index contributed by atoms with van der Waals surface area (Å²) < 4.78 is 1.87. The van der Waals surface area contributed by atoms with Gasteiger partial charge in [0.2, 0.25) is 0 Å². The second-order valence-electron chi connectivity index (χ2n) is 4.94. The van der Waals surface area contributed by atoms with Crippen LogP contribution in [-0.2, 0) is 13.5 Å². The van der Waals surface area contributed by atoms with Crippen LogP contribution in [0.15, 0.2) is 12.4 Å². The van der Waals surface area contributed by atoms with E-state index >= 15 is 0 Å². The molecule has 1 aromatic rings. The van der Waals surface area contributed by atoms with Crippen LogP contribution in [0.25, 0.3) is 0 Å². The van der Waals surface area contributed by atoms with E-state index in [2.05, 4.69) is 16.2 Å². The Bertz CT molecular complexity index is 331. The van der Waals surface area contributed by atoms with Crippen molar-refractivity contribution in [2.24, 2.45) is 7.05 Å². The van der Waals surface area contributed by atoms with Gasteiger partial charge in [0.1, 0.15) is 0 Å². The minimum Gasteiger partial charge on any atom is -0.299 e. The molecule has 0 atom stereocenters. The van der Waals surface area contributed by atoms with E-state index in [0.29, 0.717) is 0 Å². The molecular weight excluding hydrogens is 234 g/mol. The summed E-state index contributed by atoms with van der Waals surface area (Å²) in [5.41, 5.74) is 1.32. The number of alkyl halides is 1. The number of halogens is 1. The largest absolute Gasteiger partial charge is 0.299 e. The van der Waals surface area contributed by atoms with Gasteiger partial charge in [-0.1, -0.05) is 12.8 Å². The topological polar surface area (TPSA) is 21.1 Å². The van der Waals surface area contributed by atoms with Gasteiger partial charge in [0.25, 0.3) is 0 Å². The maximum Gasteiger partial charge on any atom is 0.0522 e. The predicted octanol–water partition coefficient (Wildman–Crippen LogP) is 2.45. The Morgan fingerprint density at radius 1 is 1.41 bits per heavy atom. The molecule has 1 saturated carbocycles. The number of nitrogens with zero attached hydrogens (tertiary/aromatic N) is 3. The molecule has 0 saturated heterocycles. The van der Waals surface area contributed by atoms with Crippen LogP contribution in [0.3, 0.4) is 0 Å². The molecule has 3 nitrogen and oxygen atoms in total. The number of hydrogen-bond acceptors (Lipinski definition) is 2. The number of hydrogen-bond donors (Lipinski definition) is 0. The average Bonchev–Trinajstić information content (AvgIpc) is 2.95. The molecule has 0 N–H and O–H groups in total. The molecule has 2 rings (SSSR count). The summed E-state index contributed by atoms with van der Waals surface area (Å²) in [6, 6.07) is 0.769. The van der Waals surface area contributed by atoms with Gasteiger partial charge in [0, 0.05) is 38.3 Å². The van der Waals surface area contributed by atoms with E-state index < -0.39 is 0 Å². The summed E-state index contributed by atoms with van der Waals surface area (Å²) in [6.45, 7) is 2.13. The normalized spacial score (nSPS) is 17.1. The van der Waals surface area contributed by atoms with Crippen molar-refractivity contribution in [2.45, 2.75) is 38.1 Å². The molecule has 4 heteroatoms. The fraction of sp³-hybridized carbons (Fsp3) is 0.769. The summed E-state index contributed by atoms with van der Waals surface area (Å²) in [5, 5.41) is 4.21. The van der Waals surface area contributed by atoms with Crippen LogP contribution in [0.2, 0.25) is 0 Å². The van der Waals surface area contributed by atoms with Crippen LogP contribution in [-0.4, -0.2) is 39.7 Å². The van der Waals surface area contributed by atoms with Crippen molar-refractivity contribution in [1.29, 1.82) is 0 Å². The maximum absolute atomic E-state index is 5.90. The van der Waals surface area contributed by atoms with Crippen LogP contribution in [0.1, 0.15) is 31.2 Å². The Morgan fingerprint density at radius 2 is 2.18 bits per heavy atom. The smallest absolute Gasteiger partial charge is 0.0522 e. The lowest BCUT2D eigenvalue weighted by Gasteiger charge is -2.27. The van der Waals surface area contributed by atoms with E-state index in [0.717, 1.165) is 31.4 Å². The van der Waals surface area contributed by atoms with E-state index in [-0.39, 0.29) is 0 Å². The predicted molar refractivity (Wildman–Crippen MR) is 71.5 cm³/mol. The number of aromatic nitrogens is 2. The van der Waals surface area contributed by atoms with Gasteiger partial charge < -0.3 is 0 Å². The molecule has 1 fully saturated rings. The first-order valence-electron chi connectivity index (χ1n) is 6.57. The van der Waals surface area contributed by atoms with Crippen molar-refractivity contribution in [2.75, 3.05) is 19.0 Å². The highest BCUT2D eigenvalue weighted by molar-refractivity contribution is 6.18. The highest BCUT2D eigenvalue weighted by atomic mass is 35.5. The second-order valence-corrected chi connectivity index (χ2v) is 5.31. The Kier molecular flexibility index (Phi) is 4.86. The average molecular weight is 256 g/mol. The first kappa shape index (κ1) is 12.9. The summed E-state index contributed by atoms with van der Waals surface area (Å²) >= 11 is 5.90. The summed E-state index contributed by atoms with van der Waals surface area (Å²) in [5.74, 6) is 0.740. The number of aryl methyl sites for hydroxylation is 1. The zero-order valence-corrected chi connectivity index (χ0v) is 11.4. The minimum atomic E-state index is 0.740. The quantitative estimate of drug-likeness (QED) is 0.728. The van der Waals surface area contributed by atoms with Crippen LogP contribution < -0.4 is 0 Å². The lowest BCUT2D eigenvalue weighted by molar-refractivity contribution is 0.213. The highest BCUT2D eigenvalue weighted by Crippen LogP contribution is 2.23. The van der Waals surface area contributed by atoms with Gasteiger partial charge in [-0.05, 0) is 24.8 Å². The maximum atomic E-state index is 5.90. The van der Waals surface area contributed by atoms with Crippen molar-refractivity contribution in [3.8, 4) is 0 Å². The zero-order valence-electron chi connectivity index (χ0n) is 10.6. The zero-order chi connectivity index (χ0) is 12.1. The van der Waals surface area contributed by atoms with Crippen LogP contribution >= 0.6 is 11.6 Å². The third kappa shape index (κ3) is 3.71. The van der Waals surface area contributed by atoms with E-state index in [1.165, 1.54) is 31.2 Å². The SMILES string of the molecule is Cn1cc(CCN(CCCl)C2CCCC2)cn1. The first-order valence-corrected chi connectivity index (χ1v) is 7.10. The molecule has 0 radical (unpaired) electrons. The molecule has 1 heterocycles. The van der Waals surface area contributed by atoms with Crippen molar-refractivity contribution < 1.29 is 0 Å². The van der Waals surface area contributed by atoms with E-state index in [1.807, 2.05) is 17.9 Å². The lowest BCUT2D eigenvalue weighted by Crippen LogP contribution is -2.36. The highest BCUT2D eigenvalue weighted by Gasteiger charge is 2.21. The third-order valence-corrected chi connectivity index (χ3v) is 3.83. The van der Waals surface area contributed by atoms with Gasteiger partial charge in [0.05, 0.1) is 6.20 Å². The Balaban J connectivity index is 1.84. The Morgan fingerprint density at radius 3 is 2.76 bits per heavy atom. The van der Waals surface area contributed by atoms with Gasteiger partial charge >= 0.3 is 0 Å². The molecule has 0 aliphatic heterocycles. The Hall–Kier alpha value is -0.540. The summed E-state index contributed by atoms with van der Waals surface area (Å²) in [7, 11) is 1.97. The first-order chi connectivity index (χ1) is 8.29. The fourth-order valence-corrected chi connectivity index (χ4v) is 2.95. The molecule has 96 valence electrons. The number of rotatable bonds is 6. The fourth-order valence-electron chi connectivity index (χ4n) is 2.73. The molecule has 0 amide bonds. The molecule has 0 aromatic carbocycles. The van der Waals surface area contributed by atoms with E-state index in [4.69, 9.17) is 11.6 Å². The summed E-state index contributed by atoms with van der Waals surface area (Å²) in [6.07, 6.45) is 10.6. The standard InChI is InChI=1S/C13H22ClN3/c1-16-11-12(10-15-16)6-8-17(9-7-14)13-4-2-3-5-13/h10-11,13H,2-9H2,1H3. The summed E-state index contributed by atoms with van der Waals surface area (Å²) in [4.78, 5) is 2.56. The molecule has 0 spiro atoms. The molecule has 1 aliphatic carbocycles. The van der Waals surface area contributed by atoms with Gasteiger partial charge in [-0.2, -0.15) is 5.10 Å². The molecule has 0 bridgehead atoms. The van der Waals surface area contributed by atoms with E-state index in [9.17, 15) is 0 Å². The molecular formula is C13H22ClN3. The van der Waals surface area contributed by atoms with Crippen molar-refractivity contribution in [1.82, 2.24) is 14.7 Å². The molecule has 17 heavy (non-hydrogen) atoms. The van der Waals surface area contributed by atoms with Gasteiger partial charge in [-0.25, -0.2) is 0 Å². The lowest BCUT2D eigenvalue weighted by atomic mass is 10.1. The van der Waals surface area contributed by atoms with Crippen LogP contribution in [0.5, 0.6) is 0 Å². The molecule has 0 unspecified atom stereocenters. The van der Waals surface area contributed by atoms with E-state index in [1.54, 1.807) is 0 Å². The van der Waals surface area contributed by atoms with Crippen LogP contribution in [0.4, 0.5) is 0 Å². The second kappa shape index (κ2) is 6.41. The third-order valence-electron chi connectivity index (χ3n) is 3.66. The molecule has 1 aromatic heterocycles. The van der Waals surface area contributed by atoms with Crippen molar-refractivity contribution in [3.05, 3.63) is 18.0 Å². The van der Waals surface area contributed by atoms with Crippen molar-refractivity contribution in [3.63, 3.8) is 0 Å². The minimum absolute atomic E-state index is 0.740. The monoisotopic (exact) mass is 255 g/mol. The van der Waals surface area contributed by atoms with Gasteiger partial charge in [0.15, 0.2) is 0 Å². The van der Waals surface area contributed by atoms with Gasteiger partial charge in [-0.15, -0.1) is 11.6 Å². The van der Waals surface area contributed by atoms with Crippen molar-refractivity contribution >= 4 is 11.6 Å². The van der Waals surface area contributed by atoms with Crippen LogP contribution in [0, 0.1) is 0 Å². The van der Waals surface area contributed by atoms with Gasteiger partial charge in [-0.3, -0.25) is 9.58 Å². The Labute approximate surface area is 109 Å².